The van der Waals surface area contributed by atoms with Gasteiger partial charge in [-0.2, -0.15) is 0 Å². The Balaban J connectivity index is 2.08. The van der Waals surface area contributed by atoms with Crippen molar-refractivity contribution in [2.75, 3.05) is 19.8 Å². The van der Waals surface area contributed by atoms with Gasteiger partial charge in [0.2, 0.25) is 0 Å². The molecule has 0 N–H and O–H groups in total. The van der Waals surface area contributed by atoms with Crippen LogP contribution in [0.25, 0.3) is 0 Å². The molecule has 0 saturated heterocycles. The van der Waals surface area contributed by atoms with Crippen molar-refractivity contribution in [3.63, 3.8) is 0 Å². The van der Waals surface area contributed by atoms with Crippen molar-refractivity contribution >= 4 is 24.7 Å². The Morgan fingerprint density at radius 1 is 0.909 bits per heavy atom. The zero-order chi connectivity index (χ0) is 24.5. The zero-order valence-corrected chi connectivity index (χ0v) is 21.7. The molecule has 0 unspecified atom stereocenters. The van der Waals surface area contributed by atoms with Crippen molar-refractivity contribution in [1.82, 2.24) is 0 Å². The van der Waals surface area contributed by atoms with Crippen LogP contribution in [0.5, 0.6) is 0 Å². The SMILES string of the molecule is CC(C)(C)OC(=O)CCOC/C(F)=C\CO[Si](c1ccccc1)(c1ccccc1)C(C)(C)C. The van der Waals surface area contributed by atoms with Gasteiger partial charge in [-0.1, -0.05) is 81.4 Å². The van der Waals surface area contributed by atoms with E-state index in [4.69, 9.17) is 13.9 Å². The molecule has 0 saturated carbocycles. The number of hydrogen-bond acceptors (Lipinski definition) is 4. The highest BCUT2D eigenvalue weighted by Gasteiger charge is 2.49. The molecule has 4 nitrogen and oxygen atoms in total. The van der Waals surface area contributed by atoms with E-state index in [-0.39, 0.29) is 37.2 Å². The first kappa shape index (κ1) is 27.0. The van der Waals surface area contributed by atoms with Crippen molar-refractivity contribution in [3.05, 3.63) is 72.6 Å². The van der Waals surface area contributed by atoms with Crippen molar-refractivity contribution in [3.8, 4) is 0 Å². The van der Waals surface area contributed by atoms with Gasteiger partial charge in [0.1, 0.15) is 11.4 Å². The quantitative estimate of drug-likeness (QED) is 0.272. The fraction of sp³-hybridized carbons (Fsp3) is 0.444. The van der Waals surface area contributed by atoms with Crippen LogP contribution in [0, 0.1) is 0 Å². The highest BCUT2D eigenvalue weighted by molar-refractivity contribution is 6.99. The number of rotatable bonds is 10. The lowest BCUT2D eigenvalue weighted by atomic mass is 10.2. The number of hydrogen-bond donors (Lipinski definition) is 0. The molecule has 2 aromatic carbocycles. The molecular formula is C27H37FO4Si. The number of carbonyl (C=O) groups excluding carboxylic acids is 1. The predicted octanol–water partition coefficient (Wildman–Crippen LogP) is 5.16. The summed E-state index contributed by atoms with van der Waals surface area (Å²) in [4.78, 5) is 11.7. The van der Waals surface area contributed by atoms with Crippen LogP contribution >= 0.6 is 0 Å². The Kier molecular flexibility index (Phi) is 9.58. The van der Waals surface area contributed by atoms with E-state index < -0.39 is 19.7 Å². The second-order valence-corrected chi connectivity index (χ2v) is 14.3. The Hall–Kier alpha value is -2.28. The van der Waals surface area contributed by atoms with Gasteiger partial charge < -0.3 is 13.9 Å². The van der Waals surface area contributed by atoms with E-state index in [2.05, 4.69) is 45.0 Å². The summed E-state index contributed by atoms with van der Waals surface area (Å²) in [6.45, 7) is 12.0. The molecule has 0 aliphatic carbocycles. The Bertz CT molecular complexity index is 860. The second kappa shape index (κ2) is 11.7. The topological polar surface area (TPSA) is 44.8 Å². The first-order valence-electron chi connectivity index (χ1n) is 11.3. The van der Waals surface area contributed by atoms with Crippen molar-refractivity contribution in [2.45, 2.75) is 58.6 Å². The summed E-state index contributed by atoms with van der Waals surface area (Å²) in [6.07, 6.45) is 1.51. The molecule has 180 valence electrons. The summed E-state index contributed by atoms with van der Waals surface area (Å²) in [5.74, 6) is -0.779. The van der Waals surface area contributed by atoms with E-state index in [1.807, 2.05) is 36.4 Å². The van der Waals surface area contributed by atoms with Crippen LogP contribution in [0.1, 0.15) is 48.0 Å². The zero-order valence-electron chi connectivity index (χ0n) is 20.7. The molecule has 0 radical (unpaired) electrons. The van der Waals surface area contributed by atoms with Crippen molar-refractivity contribution < 1.29 is 23.1 Å². The van der Waals surface area contributed by atoms with Crippen LogP contribution in [0.4, 0.5) is 4.39 Å². The maximum Gasteiger partial charge on any atom is 0.308 e. The van der Waals surface area contributed by atoms with Crippen molar-refractivity contribution in [1.29, 1.82) is 0 Å². The molecule has 0 heterocycles. The average Bonchev–Trinajstić information content (AvgIpc) is 2.73. The summed E-state index contributed by atoms with van der Waals surface area (Å²) < 4.78 is 31.6. The maximum atomic E-state index is 14.4. The summed E-state index contributed by atoms with van der Waals surface area (Å²) in [7, 11) is -2.71. The van der Waals surface area contributed by atoms with E-state index >= 15 is 0 Å². The van der Waals surface area contributed by atoms with Gasteiger partial charge >= 0.3 is 5.97 Å². The van der Waals surface area contributed by atoms with E-state index in [9.17, 15) is 9.18 Å². The van der Waals surface area contributed by atoms with Gasteiger partial charge in [0, 0.05) is 0 Å². The van der Waals surface area contributed by atoms with Crippen LogP contribution < -0.4 is 10.4 Å². The lowest BCUT2D eigenvalue weighted by molar-refractivity contribution is -0.155. The van der Waals surface area contributed by atoms with Crippen LogP contribution in [0.3, 0.4) is 0 Å². The van der Waals surface area contributed by atoms with Crippen LogP contribution in [0.15, 0.2) is 72.6 Å². The minimum Gasteiger partial charge on any atom is -0.460 e. The van der Waals surface area contributed by atoms with Crippen LogP contribution in [-0.2, 0) is 18.7 Å². The Morgan fingerprint density at radius 3 is 1.88 bits per heavy atom. The predicted molar refractivity (Wildman–Crippen MR) is 134 cm³/mol. The molecule has 0 spiro atoms. The minimum atomic E-state index is -2.71. The molecule has 2 rings (SSSR count). The summed E-state index contributed by atoms with van der Waals surface area (Å²) in [5, 5.41) is 2.11. The maximum absolute atomic E-state index is 14.4. The second-order valence-electron chi connectivity index (χ2n) is 10.0. The van der Waals surface area contributed by atoms with Crippen LogP contribution in [-0.4, -0.2) is 39.7 Å². The standard InChI is InChI=1S/C27H37FO4Si/c1-26(2,3)32-25(29)18-19-30-21-22(28)17-20-31-33(27(4,5)6,23-13-9-7-10-14-23)24-15-11-8-12-16-24/h7-17H,18-21H2,1-6H3/b22-17+. The third kappa shape index (κ3) is 7.91. The van der Waals surface area contributed by atoms with Crippen LogP contribution in [0.2, 0.25) is 5.04 Å². The fourth-order valence-electron chi connectivity index (χ4n) is 3.80. The molecular weight excluding hydrogens is 435 g/mol. The fourth-order valence-corrected chi connectivity index (χ4v) is 8.28. The largest absolute Gasteiger partial charge is 0.460 e. The number of esters is 1. The summed E-state index contributed by atoms with van der Waals surface area (Å²) in [6, 6.07) is 20.5. The molecule has 0 aliphatic heterocycles. The molecule has 2 aromatic rings. The lowest BCUT2D eigenvalue weighted by Gasteiger charge is -2.42. The normalized spacial score (nSPS) is 13.1. The number of benzene rings is 2. The lowest BCUT2D eigenvalue weighted by Crippen LogP contribution is -2.66. The molecule has 0 amide bonds. The molecule has 0 atom stereocenters. The third-order valence-electron chi connectivity index (χ3n) is 5.13. The highest BCUT2D eigenvalue weighted by Crippen LogP contribution is 2.36. The van der Waals surface area contributed by atoms with E-state index in [0.29, 0.717) is 0 Å². The summed E-state index contributed by atoms with van der Waals surface area (Å²) in [5.41, 5.74) is -0.541. The highest BCUT2D eigenvalue weighted by atomic mass is 28.4. The Labute approximate surface area is 198 Å². The van der Waals surface area contributed by atoms with Gasteiger partial charge in [-0.3, -0.25) is 4.79 Å². The number of carbonyl (C=O) groups is 1. The molecule has 6 heteroatoms. The molecule has 0 aromatic heterocycles. The summed E-state index contributed by atoms with van der Waals surface area (Å²) >= 11 is 0. The van der Waals surface area contributed by atoms with Gasteiger partial charge in [-0.05, 0) is 42.3 Å². The Morgan fingerprint density at radius 2 is 1.42 bits per heavy atom. The molecule has 0 fully saturated rings. The molecule has 33 heavy (non-hydrogen) atoms. The van der Waals surface area contributed by atoms with Gasteiger partial charge in [-0.25, -0.2) is 4.39 Å². The first-order chi connectivity index (χ1) is 15.5. The average molecular weight is 473 g/mol. The monoisotopic (exact) mass is 472 g/mol. The molecule has 0 aliphatic rings. The minimum absolute atomic E-state index is 0.0864. The number of ether oxygens (including phenoxy) is 2. The van der Waals surface area contributed by atoms with Gasteiger partial charge in [0.25, 0.3) is 8.32 Å². The number of halogens is 1. The van der Waals surface area contributed by atoms with E-state index in [0.717, 1.165) is 10.4 Å². The first-order valence-corrected chi connectivity index (χ1v) is 13.3. The van der Waals surface area contributed by atoms with E-state index in [1.165, 1.54) is 6.08 Å². The van der Waals surface area contributed by atoms with Gasteiger partial charge in [0.15, 0.2) is 0 Å². The third-order valence-corrected chi connectivity index (χ3v) is 10.1. The van der Waals surface area contributed by atoms with Gasteiger partial charge in [-0.15, -0.1) is 0 Å². The van der Waals surface area contributed by atoms with E-state index in [1.54, 1.807) is 20.8 Å². The van der Waals surface area contributed by atoms with Crippen molar-refractivity contribution in [2.24, 2.45) is 0 Å². The molecule has 0 bridgehead atoms. The van der Waals surface area contributed by atoms with Gasteiger partial charge in [0.05, 0.1) is 26.2 Å². The smallest absolute Gasteiger partial charge is 0.308 e.